The van der Waals surface area contributed by atoms with E-state index in [1.54, 1.807) is 6.07 Å². The molecular weight excluding hydrogens is 352 g/mol. The van der Waals surface area contributed by atoms with Gasteiger partial charge in [0.2, 0.25) is 0 Å². The van der Waals surface area contributed by atoms with Crippen LogP contribution in [0.25, 0.3) is 0 Å². The second-order valence-electron chi connectivity index (χ2n) is 6.34. The summed E-state index contributed by atoms with van der Waals surface area (Å²) in [7, 11) is 0. The highest BCUT2D eigenvalue weighted by atomic mass is 35.5. The highest BCUT2D eigenvalue weighted by molar-refractivity contribution is 6.31. The van der Waals surface area contributed by atoms with Crippen LogP contribution in [0.5, 0.6) is 0 Å². The molecule has 0 fully saturated rings. The topological polar surface area (TPSA) is 87.4 Å². The van der Waals surface area contributed by atoms with Crippen LogP contribution in [0, 0.1) is 6.92 Å². The van der Waals surface area contributed by atoms with E-state index in [2.05, 4.69) is 25.7 Å². The van der Waals surface area contributed by atoms with Crippen molar-refractivity contribution in [2.24, 2.45) is 4.99 Å². The number of aromatic nitrogens is 3. The van der Waals surface area contributed by atoms with Gasteiger partial charge < -0.3 is 15.7 Å². The Morgan fingerprint density at radius 2 is 2.27 bits per heavy atom. The lowest BCUT2D eigenvalue weighted by molar-refractivity contribution is 0.187. The van der Waals surface area contributed by atoms with Crippen LogP contribution in [0.15, 0.2) is 29.3 Å². The van der Waals surface area contributed by atoms with E-state index in [1.165, 1.54) is 0 Å². The summed E-state index contributed by atoms with van der Waals surface area (Å²) >= 11 is 6.15. The number of aryl methyl sites for hydroxylation is 2. The van der Waals surface area contributed by atoms with E-state index >= 15 is 0 Å². The van der Waals surface area contributed by atoms with Crippen molar-refractivity contribution in [2.75, 3.05) is 13.1 Å². The van der Waals surface area contributed by atoms with E-state index in [9.17, 15) is 5.11 Å². The minimum atomic E-state index is -0.753. The fourth-order valence-electron chi connectivity index (χ4n) is 3.11. The summed E-state index contributed by atoms with van der Waals surface area (Å²) in [4.78, 5) is 9.07. The Morgan fingerprint density at radius 3 is 3.04 bits per heavy atom. The number of halogens is 1. The van der Waals surface area contributed by atoms with Gasteiger partial charge in [0.15, 0.2) is 5.96 Å². The van der Waals surface area contributed by atoms with Crippen LogP contribution in [0.4, 0.5) is 0 Å². The van der Waals surface area contributed by atoms with Crippen LogP contribution in [0.1, 0.15) is 49.1 Å². The minimum absolute atomic E-state index is 0.0557. The number of hydrogen-bond acceptors (Lipinski definition) is 4. The van der Waals surface area contributed by atoms with Crippen LogP contribution < -0.4 is 10.6 Å². The molecule has 26 heavy (non-hydrogen) atoms. The number of hydrogen-bond donors (Lipinski definition) is 3. The lowest BCUT2D eigenvalue weighted by Crippen LogP contribution is -2.41. The maximum absolute atomic E-state index is 10.4. The van der Waals surface area contributed by atoms with Crippen molar-refractivity contribution in [2.45, 2.75) is 45.4 Å². The molecule has 1 aromatic carbocycles. The van der Waals surface area contributed by atoms with Gasteiger partial charge in [-0.15, -0.1) is 0 Å². The van der Waals surface area contributed by atoms with Gasteiger partial charge in [-0.25, -0.2) is 9.67 Å². The molecule has 2 heterocycles. The van der Waals surface area contributed by atoms with E-state index in [0.717, 1.165) is 37.6 Å². The largest absolute Gasteiger partial charge is 0.386 e. The van der Waals surface area contributed by atoms with Gasteiger partial charge in [-0.1, -0.05) is 29.8 Å². The summed E-state index contributed by atoms with van der Waals surface area (Å²) in [6.07, 6.45) is 1.25. The SMILES string of the molecule is CCNC(=NCC(O)c1ccccc1Cl)NC1CCCn2nc(C)nc21. The number of aliphatic imine (C=N–C) groups is 1. The van der Waals surface area contributed by atoms with Gasteiger partial charge in [0.1, 0.15) is 17.8 Å². The third-order valence-corrected chi connectivity index (χ3v) is 4.67. The van der Waals surface area contributed by atoms with Gasteiger partial charge in [-0.3, -0.25) is 4.99 Å². The number of nitrogens with one attached hydrogen (secondary N) is 2. The van der Waals surface area contributed by atoms with E-state index in [4.69, 9.17) is 11.6 Å². The average Bonchev–Trinajstić information content (AvgIpc) is 3.01. The zero-order chi connectivity index (χ0) is 18.5. The molecule has 7 nitrogen and oxygen atoms in total. The van der Waals surface area contributed by atoms with Gasteiger partial charge >= 0.3 is 0 Å². The molecule has 0 amide bonds. The number of aliphatic hydroxyl groups excluding tert-OH is 1. The first-order chi connectivity index (χ1) is 12.6. The molecule has 0 spiro atoms. The molecule has 0 bridgehead atoms. The highest BCUT2D eigenvalue weighted by Gasteiger charge is 2.24. The molecule has 0 radical (unpaired) electrons. The smallest absolute Gasteiger partial charge is 0.191 e. The zero-order valence-electron chi connectivity index (χ0n) is 15.1. The molecular formula is C18H25ClN6O. The second kappa shape index (κ2) is 8.51. The van der Waals surface area contributed by atoms with Gasteiger partial charge in [-0.2, -0.15) is 5.10 Å². The Bertz CT molecular complexity index is 775. The fourth-order valence-corrected chi connectivity index (χ4v) is 3.37. The fraction of sp³-hybridized carbons (Fsp3) is 0.500. The van der Waals surface area contributed by atoms with E-state index < -0.39 is 6.10 Å². The monoisotopic (exact) mass is 376 g/mol. The lowest BCUT2D eigenvalue weighted by Gasteiger charge is -2.25. The van der Waals surface area contributed by atoms with Crippen LogP contribution in [0.2, 0.25) is 5.02 Å². The first-order valence-corrected chi connectivity index (χ1v) is 9.35. The van der Waals surface area contributed by atoms with Crippen molar-refractivity contribution in [1.29, 1.82) is 0 Å². The maximum Gasteiger partial charge on any atom is 0.191 e. The van der Waals surface area contributed by atoms with Crippen LogP contribution >= 0.6 is 11.6 Å². The number of aliphatic hydroxyl groups is 1. The zero-order valence-corrected chi connectivity index (χ0v) is 15.9. The predicted molar refractivity (Wildman–Crippen MR) is 102 cm³/mol. The Morgan fingerprint density at radius 1 is 1.46 bits per heavy atom. The predicted octanol–water partition coefficient (Wildman–Crippen LogP) is 2.36. The van der Waals surface area contributed by atoms with Crippen molar-refractivity contribution in [3.8, 4) is 0 Å². The number of nitrogens with zero attached hydrogens (tertiary/aromatic N) is 4. The second-order valence-corrected chi connectivity index (χ2v) is 6.74. The molecule has 0 saturated heterocycles. The molecule has 3 N–H and O–H groups in total. The molecule has 0 aliphatic carbocycles. The lowest BCUT2D eigenvalue weighted by atomic mass is 10.1. The van der Waals surface area contributed by atoms with Gasteiger partial charge in [0.05, 0.1) is 12.6 Å². The number of rotatable bonds is 5. The van der Waals surface area contributed by atoms with Crippen LogP contribution in [-0.4, -0.2) is 38.9 Å². The van der Waals surface area contributed by atoms with Gasteiger partial charge in [0, 0.05) is 23.7 Å². The quantitative estimate of drug-likeness (QED) is 0.550. The molecule has 8 heteroatoms. The first kappa shape index (κ1) is 18.7. The Kier molecular flexibility index (Phi) is 6.11. The van der Waals surface area contributed by atoms with E-state index in [1.807, 2.05) is 36.7 Å². The number of fused-ring (bicyclic) bond motifs is 1. The Labute approximate surface area is 158 Å². The molecule has 1 aliphatic rings. The molecule has 1 aliphatic heterocycles. The van der Waals surface area contributed by atoms with Gasteiger partial charge in [0.25, 0.3) is 0 Å². The Hall–Kier alpha value is -2.12. The van der Waals surface area contributed by atoms with Crippen LogP contribution in [0.3, 0.4) is 0 Å². The third kappa shape index (κ3) is 4.34. The average molecular weight is 377 g/mol. The van der Waals surface area contributed by atoms with Crippen molar-refractivity contribution in [3.63, 3.8) is 0 Å². The first-order valence-electron chi connectivity index (χ1n) is 8.97. The molecule has 2 atom stereocenters. The molecule has 0 saturated carbocycles. The van der Waals surface area contributed by atoms with Crippen molar-refractivity contribution >= 4 is 17.6 Å². The molecule has 2 unspecified atom stereocenters. The summed E-state index contributed by atoms with van der Waals surface area (Å²) in [5, 5.41) is 22.0. The molecule has 1 aromatic heterocycles. The Balaban J connectivity index is 1.71. The normalized spacial score (nSPS) is 18.3. The molecule has 2 aromatic rings. The summed E-state index contributed by atoms with van der Waals surface area (Å²) in [6, 6.07) is 7.34. The minimum Gasteiger partial charge on any atom is -0.386 e. The summed E-state index contributed by atoms with van der Waals surface area (Å²) < 4.78 is 1.96. The van der Waals surface area contributed by atoms with Crippen molar-refractivity contribution in [1.82, 2.24) is 25.4 Å². The molecule has 140 valence electrons. The third-order valence-electron chi connectivity index (χ3n) is 4.32. The standard InChI is InChI=1S/C18H25ClN6O/c1-3-20-18(21-11-16(26)13-7-4-5-8-14(13)19)23-15-9-6-10-25-17(15)22-12(2)24-25/h4-5,7-8,15-16,26H,3,6,9-11H2,1-2H3,(H2,20,21,23). The highest BCUT2D eigenvalue weighted by Crippen LogP contribution is 2.24. The number of benzene rings is 1. The van der Waals surface area contributed by atoms with E-state index in [0.29, 0.717) is 16.5 Å². The maximum atomic E-state index is 10.4. The summed E-state index contributed by atoms with van der Waals surface area (Å²) in [6.45, 7) is 5.76. The summed E-state index contributed by atoms with van der Waals surface area (Å²) in [5.41, 5.74) is 0.682. The number of guanidine groups is 1. The van der Waals surface area contributed by atoms with Gasteiger partial charge in [-0.05, 0) is 32.8 Å². The van der Waals surface area contributed by atoms with E-state index in [-0.39, 0.29) is 12.6 Å². The summed E-state index contributed by atoms with van der Waals surface area (Å²) in [5.74, 6) is 2.37. The van der Waals surface area contributed by atoms with Crippen molar-refractivity contribution < 1.29 is 5.11 Å². The van der Waals surface area contributed by atoms with Crippen molar-refractivity contribution in [3.05, 3.63) is 46.5 Å². The molecule has 3 rings (SSSR count). The van der Waals surface area contributed by atoms with Crippen LogP contribution in [-0.2, 0) is 6.54 Å².